The third-order valence-electron chi connectivity index (χ3n) is 11.4. The van der Waals surface area contributed by atoms with E-state index in [9.17, 15) is 18.0 Å². The molecule has 0 radical (unpaired) electrons. The van der Waals surface area contributed by atoms with Gasteiger partial charge in [0, 0.05) is 75.4 Å². The number of fused-ring (bicyclic) bond motifs is 1. The van der Waals surface area contributed by atoms with Crippen molar-refractivity contribution >= 4 is 27.5 Å². The molecular formula is C39H50N6O6S. The van der Waals surface area contributed by atoms with Crippen molar-refractivity contribution in [2.24, 2.45) is 0 Å². The summed E-state index contributed by atoms with van der Waals surface area (Å²) in [6.45, 7) is 9.07. The average Bonchev–Trinajstić information content (AvgIpc) is 3.94. The van der Waals surface area contributed by atoms with Crippen molar-refractivity contribution in [3.63, 3.8) is 0 Å². The lowest BCUT2D eigenvalue weighted by molar-refractivity contribution is -0.139. The zero-order valence-corrected chi connectivity index (χ0v) is 31.2. The van der Waals surface area contributed by atoms with Crippen LogP contribution in [0.3, 0.4) is 0 Å². The smallest absolute Gasteiger partial charge is 0.265 e. The van der Waals surface area contributed by atoms with E-state index in [2.05, 4.69) is 20.1 Å². The van der Waals surface area contributed by atoms with Crippen LogP contribution in [0.25, 0.3) is 0 Å². The molecule has 4 aliphatic rings. The zero-order valence-electron chi connectivity index (χ0n) is 30.4. The normalized spacial score (nSPS) is 20.8. The van der Waals surface area contributed by atoms with Gasteiger partial charge in [0.1, 0.15) is 12.4 Å². The predicted molar refractivity (Wildman–Crippen MR) is 198 cm³/mol. The molecule has 278 valence electrons. The molecule has 3 aliphatic heterocycles. The molecule has 7 rings (SSSR count). The van der Waals surface area contributed by atoms with Gasteiger partial charge in [0.05, 0.1) is 30.3 Å². The molecule has 2 aromatic carbocycles. The van der Waals surface area contributed by atoms with Crippen LogP contribution in [0.2, 0.25) is 0 Å². The summed E-state index contributed by atoms with van der Waals surface area (Å²) in [6.07, 6.45) is 7.79. The Hall–Kier alpha value is -4.04. The lowest BCUT2D eigenvalue weighted by Gasteiger charge is -2.51. The molecule has 3 aromatic rings. The molecule has 0 bridgehead atoms. The summed E-state index contributed by atoms with van der Waals surface area (Å²) in [6, 6.07) is 14.7. The number of aryl methyl sites for hydroxylation is 2. The van der Waals surface area contributed by atoms with Gasteiger partial charge in [-0.1, -0.05) is 18.2 Å². The van der Waals surface area contributed by atoms with Gasteiger partial charge < -0.3 is 19.7 Å². The Morgan fingerprint density at radius 1 is 0.942 bits per heavy atom. The van der Waals surface area contributed by atoms with Gasteiger partial charge in [-0.2, -0.15) is 0 Å². The number of para-hydroxylation sites is 1. The number of sulfonamides is 1. The number of rotatable bonds is 12. The van der Waals surface area contributed by atoms with Crippen molar-refractivity contribution in [3.8, 4) is 5.75 Å². The van der Waals surface area contributed by atoms with Crippen LogP contribution in [0.5, 0.6) is 5.75 Å². The number of likely N-dealkylation sites (tertiary alicyclic amines) is 1. The first-order valence-corrected chi connectivity index (χ1v) is 19.8. The van der Waals surface area contributed by atoms with Crippen molar-refractivity contribution in [2.45, 2.75) is 68.5 Å². The molecular weight excluding hydrogens is 681 g/mol. The number of hydrogen-bond acceptors (Lipinski definition) is 9. The highest BCUT2D eigenvalue weighted by molar-refractivity contribution is 7.93. The lowest BCUT2D eigenvalue weighted by Crippen LogP contribution is -2.65. The van der Waals surface area contributed by atoms with Gasteiger partial charge in [0.25, 0.3) is 15.9 Å². The van der Waals surface area contributed by atoms with E-state index >= 15 is 0 Å². The van der Waals surface area contributed by atoms with Gasteiger partial charge in [-0.25, -0.2) is 8.42 Å². The number of ether oxygens (including phenoxy) is 2. The Morgan fingerprint density at radius 2 is 1.62 bits per heavy atom. The lowest BCUT2D eigenvalue weighted by atomic mass is 9.84. The van der Waals surface area contributed by atoms with Gasteiger partial charge in [0.15, 0.2) is 0 Å². The number of piperidine rings is 1. The largest absolute Gasteiger partial charge is 0.497 e. The van der Waals surface area contributed by atoms with Crippen molar-refractivity contribution in [3.05, 3.63) is 83.2 Å². The number of piperazine rings is 1. The monoisotopic (exact) mass is 730 g/mol. The standard InChI is InChI=1S/C39H50N6O6S/c1-28-22-34(50-3)23-29(2)37(28)52(48,49)45-33(24-31-6-4-5-7-35(31)45)25-51-26-36(46)43-16-12-39(13-17-43,27-41-38(47)30-10-14-40-15-11-30)44-20-18-42(19-21-44)32-8-9-32/h4-7,10-11,14-15,22-23,32-33H,8-9,12-13,16-21,24-27H2,1-3H3,(H,41,47). The Kier molecular flexibility index (Phi) is 10.6. The molecule has 1 unspecified atom stereocenters. The molecule has 4 heterocycles. The Bertz CT molecular complexity index is 1850. The fourth-order valence-corrected chi connectivity index (χ4v) is 10.5. The zero-order chi connectivity index (χ0) is 36.5. The van der Waals surface area contributed by atoms with E-state index in [-0.39, 0.29) is 35.5 Å². The van der Waals surface area contributed by atoms with E-state index in [1.54, 1.807) is 57.6 Å². The van der Waals surface area contributed by atoms with Crippen LogP contribution in [0, 0.1) is 13.8 Å². The quantitative estimate of drug-likeness (QED) is 0.299. The number of amides is 2. The molecule has 0 spiro atoms. The van der Waals surface area contributed by atoms with Crippen LogP contribution in [0.15, 0.2) is 65.8 Å². The first-order valence-electron chi connectivity index (χ1n) is 18.4. The number of hydrogen-bond donors (Lipinski definition) is 1. The Labute approximate surface area is 307 Å². The van der Waals surface area contributed by atoms with Crippen molar-refractivity contribution in [1.29, 1.82) is 0 Å². The maximum absolute atomic E-state index is 14.3. The summed E-state index contributed by atoms with van der Waals surface area (Å²) in [5.41, 5.74) is 3.12. The number of pyridine rings is 1. The second-order valence-electron chi connectivity index (χ2n) is 14.7. The number of methoxy groups -OCH3 is 1. The fraction of sp³-hybridized carbons (Fsp3) is 0.513. The number of benzene rings is 2. The van der Waals surface area contributed by atoms with Crippen molar-refractivity contribution in [1.82, 2.24) is 25.0 Å². The predicted octanol–water partition coefficient (Wildman–Crippen LogP) is 3.41. The number of anilines is 1. The Morgan fingerprint density at radius 3 is 2.27 bits per heavy atom. The number of nitrogens with zero attached hydrogens (tertiary/aromatic N) is 5. The molecule has 3 fully saturated rings. The summed E-state index contributed by atoms with van der Waals surface area (Å²) < 4.78 is 41.6. The first-order chi connectivity index (χ1) is 25.1. The highest BCUT2D eigenvalue weighted by Crippen LogP contribution is 2.39. The molecule has 1 aliphatic carbocycles. The maximum Gasteiger partial charge on any atom is 0.265 e. The van der Waals surface area contributed by atoms with E-state index in [1.165, 1.54) is 17.1 Å². The van der Waals surface area contributed by atoms with Crippen LogP contribution in [-0.4, -0.2) is 124 Å². The van der Waals surface area contributed by atoms with Gasteiger partial charge >= 0.3 is 0 Å². The summed E-state index contributed by atoms with van der Waals surface area (Å²) >= 11 is 0. The molecule has 12 nitrogen and oxygen atoms in total. The van der Waals surface area contributed by atoms with Crippen LogP contribution < -0.4 is 14.4 Å². The molecule has 1 N–H and O–H groups in total. The molecule has 1 aromatic heterocycles. The molecule has 2 saturated heterocycles. The number of aromatic nitrogens is 1. The molecule has 1 saturated carbocycles. The van der Waals surface area contributed by atoms with Gasteiger partial charge in [-0.3, -0.25) is 28.7 Å². The number of carbonyl (C=O) groups is 2. The molecule has 52 heavy (non-hydrogen) atoms. The second kappa shape index (κ2) is 15.1. The van der Waals surface area contributed by atoms with E-state index in [4.69, 9.17) is 9.47 Å². The van der Waals surface area contributed by atoms with Crippen molar-refractivity contribution in [2.75, 3.05) is 70.4 Å². The topological polar surface area (TPSA) is 125 Å². The van der Waals surface area contributed by atoms with Crippen molar-refractivity contribution < 1.29 is 27.5 Å². The van der Waals surface area contributed by atoms with Gasteiger partial charge in [-0.05, 0) is 93.0 Å². The molecule has 2 amide bonds. The van der Waals surface area contributed by atoms with Gasteiger partial charge in [0.2, 0.25) is 5.91 Å². The van der Waals surface area contributed by atoms with E-state index in [0.29, 0.717) is 54.2 Å². The highest BCUT2D eigenvalue weighted by atomic mass is 32.2. The van der Waals surface area contributed by atoms with E-state index in [0.717, 1.165) is 50.6 Å². The highest BCUT2D eigenvalue weighted by Gasteiger charge is 2.44. The summed E-state index contributed by atoms with van der Waals surface area (Å²) in [5.74, 6) is 0.377. The number of nitrogens with one attached hydrogen (secondary N) is 1. The Balaban J connectivity index is 0.993. The minimum atomic E-state index is -3.96. The first kappa shape index (κ1) is 36.3. The average molecular weight is 731 g/mol. The third-order valence-corrected chi connectivity index (χ3v) is 13.5. The summed E-state index contributed by atoms with van der Waals surface area (Å²) in [7, 11) is -2.39. The third kappa shape index (κ3) is 7.41. The van der Waals surface area contributed by atoms with Crippen LogP contribution in [0.1, 0.15) is 52.7 Å². The van der Waals surface area contributed by atoms with Gasteiger partial charge in [-0.15, -0.1) is 0 Å². The minimum Gasteiger partial charge on any atom is -0.497 e. The number of carbonyl (C=O) groups excluding carboxylic acids is 2. The van der Waals surface area contributed by atoms with Crippen LogP contribution in [0.4, 0.5) is 5.69 Å². The van der Waals surface area contributed by atoms with E-state index < -0.39 is 16.1 Å². The molecule has 1 atom stereocenters. The second-order valence-corrected chi connectivity index (χ2v) is 16.4. The minimum absolute atomic E-state index is 0.0813. The SMILES string of the molecule is COc1cc(C)c(S(=O)(=O)N2c3ccccc3CC2COCC(=O)N2CCC(CNC(=O)c3ccncc3)(N3CCN(C4CC4)CC3)CC2)c(C)c1. The van der Waals surface area contributed by atoms with Crippen LogP contribution in [-0.2, 0) is 26.0 Å². The molecule has 13 heteroatoms. The fourth-order valence-electron chi connectivity index (χ4n) is 8.42. The maximum atomic E-state index is 14.3. The van der Waals surface area contributed by atoms with E-state index in [1.807, 2.05) is 29.2 Å². The van der Waals surface area contributed by atoms with Crippen LogP contribution >= 0.6 is 0 Å². The summed E-state index contributed by atoms with van der Waals surface area (Å²) in [5, 5.41) is 3.20. The summed E-state index contributed by atoms with van der Waals surface area (Å²) in [4.78, 5) is 37.9.